The number of alkyl halides is 1. The summed E-state index contributed by atoms with van der Waals surface area (Å²) < 4.78 is 5.21. The minimum absolute atomic E-state index is 0.0356. The average Bonchev–Trinajstić information content (AvgIpc) is 2.53. The van der Waals surface area contributed by atoms with E-state index >= 15 is 0 Å². The number of nitro benzene ring substituents is 1. The predicted octanol–water partition coefficient (Wildman–Crippen LogP) is 4.11. The number of hydrogen-bond acceptors (Lipinski definition) is 4. The van der Waals surface area contributed by atoms with E-state index in [-0.39, 0.29) is 11.6 Å². The molecule has 0 aromatic heterocycles. The largest absolute Gasteiger partial charge is 0.497 e. The van der Waals surface area contributed by atoms with Crippen molar-refractivity contribution in [3.8, 4) is 5.75 Å². The quantitative estimate of drug-likeness (QED) is 0.474. The van der Waals surface area contributed by atoms with Crippen molar-refractivity contribution in [1.29, 1.82) is 0 Å². The molecule has 0 atom stereocenters. The fourth-order valence-electron chi connectivity index (χ4n) is 2.08. The van der Waals surface area contributed by atoms with E-state index in [1.54, 1.807) is 13.2 Å². The molecular formula is C15H15ClN2O3. The van der Waals surface area contributed by atoms with E-state index in [0.29, 0.717) is 5.56 Å². The Morgan fingerprint density at radius 1 is 1.29 bits per heavy atom. The van der Waals surface area contributed by atoms with Gasteiger partial charge in [0.15, 0.2) is 0 Å². The van der Waals surface area contributed by atoms with Crippen molar-refractivity contribution >= 4 is 28.7 Å². The summed E-state index contributed by atoms with van der Waals surface area (Å²) in [5, 5.41) is 10.8. The van der Waals surface area contributed by atoms with Gasteiger partial charge in [0.2, 0.25) is 0 Å². The van der Waals surface area contributed by atoms with E-state index < -0.39 is 4.92 Å². The van der Waals surface area contributed by atoms with E-state index in [1.807, 2.05) is 36.2 Å². The lowest BCUT2D eigenvalue weighted by Gasteiger charge is -2.22. The summed E-state index contributed by atoms with van der Waals surface area (Å²) in [7, 11) is 3.49. The molecule has 0 spiro atoms. The predicted molar refractivity (Wildman–Crippen MR) is 83.7 cm³/mol. The maximum Gasteiger partial charge on any atom is 0.269 e. The topological polar surface area (TPSA) is 55.6 Å². The van der Waals surface area contributed by atoms with Gasteiger partial charge in [-0.2, -0.15) is 0 Å². The highest BCUT2D eigenvalue weighted by atomic mass is 35.5. The van der Waals surface area contributed by atoms with Gasteiger partial charge in [0.25, 0.3) is 5.69 Å². The average molecular weight is 307 g/mol. The molecule has 0 aliphatic heterocycles. The summed E-state index contributed by atoms with van der Waals surface area (Å²) in [6.07, 6.45) is 0. The van der Waals surface area contributed by atoms with E-state index in [4.69, 9.17) is 16.3 Å². The first-order valence-electron chi connectivity index (χ1n) is 6.28. The Hall–Kier alpha value is -2.27. The molecule has 0 saturated heterocycles. The summed E-state index contributed by atoms with van der Waals surface area (Å²) in [6.45, 7) is 0. The van der Waals surface area contributed by atoms with Gasteiger partial charge in [-0.25, -0.2) is 0 Å². The van der Waals surface area contributed by atoms with Crippen LogP contribution in [0.3, 0.4) is 0 Å². The molecule has 0 aliphatic carbocycles. The minimum atomic E-state index is -0.425. The van der Waals surface area contributed by atoms with Crippen molar-refractivity contribution in [2.75, 3.05) is 19.1 Å². The molecule has 2 aromatic rings. The molecule has 0 N–H and O–H groups in total. The highest BCUT2D eigenvalue weighted by Crippen LogP contribution is 2.32. The Bertz CT molecular complexity index is 661. The Kier molecular flexibility index (Phi) is 4.65. The van der Waals surface area contributed by atoms with Crippen LogP contribution in [-0.4, -0.2) is 19.1 Å². The number of methoxy groups -OCH3 is 1. The molecule has 110 valence electrons. The fourth-order valence-corrected chi connectivity index (χ4v) is 2.29. The third-order valence-corrected chi connectivity index (χ3v) is 3.51. The van der Waals surface area contributed by atoms with Crippen LogP contribution in [0.4, 0.5) is 17.1 Å². The molecule has 0 fully saturated rings. The Labute approximate surface area is 127 Å². The molecule has 5 nitrogen and oxygen atoms in total. The molecule has 0 saturated carbocycles. The van der Waals surface area contributed by atoms with Crippen LogP contribution >= 0.6 is 11.6 Å². The Balaban J connectivity index is 2.42. The summed E-state index contributed by atoms with van der Waals surface area (Å²) in [4.78, 5) is 12.3. The van der Waals surface area contributed by atoms with Gasteiger partial charge in [0, 0.05) is 42.5 Å². The third kappa shape index (κ3) is 3.25. The summed E-state index contributed by atoms with van der Waals surface area (Å²) in [5.41, 5.74) is 2.48. The van der Waals surface area contributed by atoms with Crippen LogP contribution < -0.4 is 9.64 Å². The number of halogens is 1. The molecular weight excluding hydrogens is 292 g/mol. The molecule has 0 unspecified atom stereocenters. The van der Waals surface area contributed by atoms with Gasteiger partial charge in [-0.1, -0.05) is 6.07 Å². The van der Waals surface area contributed by atoms with Crippen LogP contribution in [0, 0.1) is 10.1 Å². The molecule has 6 heteroatoms. The van der Waals surface area contributed by atoms with Crippen molar-refractivity contribution < 1.29 is 9.66 Å². The molecule has 2 aromatic carbocycles. The summed E-state index contributed by atoms with van der Waals surface area (Å²) in [6, 6.07) is 12.2. The molecule has 0 amide bonds. The minimum Gasteiger partial charge on any atom is -0.497 e. The number of nitro groups is 1. The van der Waals surface area contributed by atoms with Gasteiger partial charge in [0.1, 0.15) is 5.75 Å². The fraction of sp³-hybridized carbons (Fsp3) is 0.200. The van der Waals surface area contributed by atoms with E-state index in [0.717, 1.165) is 17.1 Å². The highest BCUT2D eigenvalue weighted by Gasteiger charge is 2.14. The lowest BCUT2D eigenvalue weighted by molar-refractivity contribution is -0.384. The van der Waals surface area contributed by atoms with E-state index in [1.165, 1.54) is 12.1 Å². The van der Waals surface area contributed by atoms with Crippen LogP contribution in [0.25, 0.3) is 0 Å². The number of benzene rings is 2. The monoisotopic (exact) mass is 306 g/mol. The second kappa shape index (κ2) is 6.45. The molecule has 0 aliphatic rings. The molecule has 21 heavy (non-hydrogen) atoms. The number of nitrogens with zero attached hydrogens (tertiary/aromatic N) is 2. The van der Waals surface area contributed by atoms with Crippen molar-refractivity contribution in [1.82, 2.24) is 0 Å². The zero-order valence-corrected chi connectivity index (χ0v) is 12.5. The Morgan fingerprint density at radius 2 is 2.05 bits per heavy atom. The SMILES string of the molecule is COc1cccc(N(C)c2ccc([N+](=O)[O-])cc2CCl)c1. The van der Waals surface area contributed by atoms with E-state index in [9.17, 15) is 10.1 Å². The molecule has 2 rings (SSSR count). The standard InChI is InChI=1S/C15H15ClN2O3/c1-17(12-4-3-5-14(9-12)21-2)15-7-6-13(18(19)20)8-11(15)10-16/h3-9H,10H2,1-2H3. The van der Waals surface area contributed by atoms with Crippen molar-refractivity contribution in [3.63, 3.8) is 0 Å². The summed E-state index contributed by atoms with van der Waals surface area (Å²) >= 11 is 5.92. The number of hydrogen-bond donors (Lipinski definition) is 0. The normalized spacial score (nSPS) is 10.2. The summed E-state index contributed by atoms with van der Waals surface area (Å²) in [5.74, 6) is 0.944. The van der Waals surface area contributed by atoms with Crippen LogP contribution in [0.2, 0.25) is 0 Å². The van der Waals surface area contributed by atoms with Crippen molar-refractivity contribution in [3.05, 3.63) is 58.1 Å². The second-order valence-electron chi connectivity index (χ2n) is 4.46. The van der Waals surface area contributed by atoms with Gasteiger partial charge < -0.3 is 9.64 Å². The van der Waals surface area contributed by atoms with Crippen LogP contribution in [0.15, 0.2) is 42.5 Å². The maximum absolute atomic E-state index is 10.8. The lowest BCUT2D eigenvalue weighted by atomic mass is 10.1. The first-order valence-corrected chi connectivity index (χ1v) is 6.81. The maximum atomic E-state index is 10.8. The van der Waals surface area contributed by atoms with Gasteiger partial charge in [-0.15, -0.1) is 11.6 Å². The second-order valence-corrected chi connectivity index (χ2v) is 4.73. The lowest BCUT2D eigenvalue weighted by Crippen LogP contribution is -2.11. The zero-order chi connectivity index (χ0) is 15.4. The first kappa shape index (κ1) is 15.1. The first-order chi connectivity index (χ1) is 10.1. The Morgan fingerprint density at radius 3 is 2.67 bits per heavy atom. The van der Waals surface area contributed by atoms with Crippen LogP contribution in [0.1, 0.15) is 5.56 Å². The smallest absolute Gasteiger partial charge is 0.269 e. The number of anilines is 2. The third-order valence-electron chi connectivity index (χ3n) is 3.22. The number of non-ortho nitro benzene ring substituents is 1. The number of ether oxygens (including phenoxy) is 1. The van der Waals surface area contributed by atoms with Crippen LogP contribution in [-0.2, 0) is 5.88 Å². The highest BCUT2D eigenvalue weighted by molar-refractivity contribution is 6.17. The molecule has 0 heterocycles. The van der Waals surface area contributed by atoms with Crippen molar-refractivity contribution in [2.24, 2.45) is 0 Å². The van der Waals surface area contributed by atoms with Crippen LogP contribution in [0.5, 0.6) is 5.75 Å². The van der Waals surface area contributed by atoms with Gasteiger partial charge >= 0.3 is 0 Å². The zero-order valence-electron chi connectivity index (χ0n) is 11.7. The van der Waals surface area contributed by atoms with Gasteiger partial charge in [0.05, 0.1) is 12.0 Å². The molecule has 0 bridgehead atoms. The number of rotatable bonds is 5. The van der Waals surface area contributed by atoms with E-state index in [2.05, 4.69) is 0 Å². The van der Waals surface area contributed by atoms with Crippen molar-refractivity contribution in [2.45, 2.75) is 5.88 Å². The molecule has 0 radical (unpaired) electrons. The van der Waals surface area contributed by atoms with Gasteiger partial charge in [-0.05, 0) is 23.8 Å². The van der Waals surface area contributed by atoms with Gasteiger partial charge in [-0.3, -0.25) is 10.1 Å².